The van der Waals surface area contributed by atoms with Crippen LogP contribution in [0.25, 0.3) is 11.3 Å². The van der Waals surface area contributed by atoms with Gasteiger partial charge in [0.15, 0.2) is 5.13 Å². The Morgan fingerprint density at radius 3 is 2.70 bits per heavy atom. The van der Waals surface area contributed by atoms with Gasteiger partial charge in [-0.1, -0.05) is 24.3 Å². The Morgan fingerprint density at radius 1 is 1.13 bits per heavy atom. The van der Waals surface area contributed by atoms with Gasteiger partial charge in [-0.3, -0.25) is 14.9 Å². The smallest absolute Gasteiger partial charge is 0.267 e. The molecule has 1 aromatic carbocycles. The molecular weight excluding hydrogens is 414 g/mol. The van der Waals surface area contributed by atoms with Crippen LogP contribution in [0.1, 0.15) is 51.9 Å². The highest BCUT2D eigenvalue weighted by atomic mass is 32.1. The Balaban J connectivity index is 1.35. The van der Waals surface area contributed by atoms with Gasteiger partial charge in [-0.15, -0.1) is 22.7 Å². The van der Waals surface area contributed by atoms with Crippen molar-refractivity contribution in [3.8, 4) is 11.3 Å². The van der Waals surface area contributed by atoms with Crippen LogP contribution in [0.2, 0.25) is 0 Å². The van der Waals surface area contributed by atoms with E-state index in [4.69, 9.17) is 0 Å². The number of carbonyl (C=O) groups excluding carboxylic acids is 2. The number of rotatable bonds is 7. The van der Waals surface area contributed by atoms with Crippen molar-refractivity contribution >= 4 is 39.6 Å². The second-order valence-corrected chi connectivity index (χ2v) is 9.54. The summed E-state index contributed by atoms with van der Waals surface area (Å²) in [4.78, 5) is 30.3. The fourth-order valence-corrected chi connectivity index (χ4v) is 5.49. The van der Waals surface area contributed by atoms with Gasteiger partial charge in [0.25, 0.3) is 5.91 Å². The van der Waals surface area contributed by atoms with Crippen LogP contribution >= 0.6 is 22.7 Å². The molecule has 0 unspecified atom stereocenters. The van der Waals surface area contributed by atoms with E-state index in [9.17, 15) is 9.59 Å². The largest absolute Gasteiger partial charge is 0.356 e. The summed E-state index contributed by atoms with van der Waals surface area (Å²) < 4.78 is 0. The fraction of sp³-hybridized carbons (Fsp3) is 0.348. The van der Waals surface area contributed by atoms with Crippen LogP contribution in [0.5, 0.6) is 0 Å². The van der Waals surface area contributed by atoms with E-state index < -0.39 is 0 Å². The molecule has 156 valence electrons. The molecule has 2 aromatic heterocycles. The summed E-state index contributed by atoms with van der Waals surface area (Å²) in [5.74, 6) is -0.0553. The second kappa shape index (κ2) is 9.53. The van der Waals surface area contributed by atoms with Crippen molar-refractivity contribution in [2.75, 3.05) is 11.9 Å². The SMILES string of the molecule is CC(=O)NCCCc1ccc(-c2csc(NC(=O)c3cc4c(s3)CCCC4)n2)cc1. The van der Waals surface area contributed by atoms with E-state index in [0.29, 0.717) is 11.7 Å². The van der Waals surface area contributed by atoms with Gasteiger partial charge < -0.3 is 5.32 Å². The molecule has 4 rings (SSSR count). The number of aryl methyl sites for hydroxylation is 3. The second-order valence-electron chi connectivity index (χ2n) is 7.54. The average Bonchev–Trinajstić information content (AvgIpc) is 3.38. The summed E-state index contributed by atoms with van der Waals surface area (Å²) in [6.45, 7) is 2.23. The Hall–Kier alpha value is -2.51. The molecule has 0 spiro atoms. The molecule has 0 saturated heterocycles. The zero-order chi connectivity index (χ0) is 20.9. The number of nitrogens with zero attached hydrogens (tertiary/aromatic N) is 1. The topological polar surface area (TPSA) is 71.1 Å². The minimum Gasteiger partial charge on any atom is -0.356 e. The number of amides is 2. The van der Waals surface area contributed by atoms with Crippen LogP contribution in [-0.2, 0) is 24.1 Å². The maximum atomic E-state index is 12.6. The lowest BCUT2D eigenvalue weighted by Crippen LogP contribution is -2.21. The molecule has 1 aliphatic carbocycles. The summed E-state index contributed by atoms with van der Waals surface area (Å²) in [5.41, 5.74) is 4.47. The monoisotopic (exact) mass is 439 g/mol. The van der Waals surface area contributed by atoms with Crippen molar-refractivity contribution in [3.05, 3.63) is 56.6 Å². The lowest BCUT2D eigenvalue weighted by atomic mass is 9.99. The van der Waals surface area contributed by atoms with Crippen molar-refractivity contribution in [1.82, 2.24) is 10.3 Å². The molecule has 0 saturated carbocycles. The van der Waals surface area contributed by atoms with E-state index in [1.165, 1.54) is 47.1 Å². The minimum absolute atomic E-state index is 0.00968. The van der Waals surface area contributed by atoms with E-state index in [-0.39, 0.29) is 11.8 Å². The molecule has 0 atom stereocenters. The predicted octanol–water partition coefficient (Wildman–Crippen LogP) is 5.07. The van der Waals surface area contributed by atoms with Crippen molar-refractivity contribution in [3.63, 3.8) is 0 Å². The summed E-state index contributed by atoms with van der Waals surface area (Å²) >= 11 is 3.07. The van der Waals surface area contributed by atoms with Crippen molar-refractivity contribution in [2.24, 2.45) is 0 Å². The summed E-state index contributed by atoms with van der Waals surface area (Å²) in [5, 5.41) is 8.37. The number of anilines is 1. The average molecular weight is 440 g/mol. The first-order valence-electron chi connectivity index (χ1n) is 10.3. The fourth-order valence-electron chi connectivity index (χ4n) is 3.62. The molecule has 30 heavy (non-hydrogen) atoms. The molecule has 2 amide bonds. The van der Waals surface area contributed by atoms with Gasteiger partial charge in [0.1, 0.15) is 0 Å². The van der Waals surface area contributed by atoms with Crippen LogP contribution in [0.4, 0.5) is 5.13 Å². The minimum atomic E-state index is -0.0650. The van der Waals surface area contributed by atoms with Gasteiger partial charge >= 0.3 is 0 Å². The lowest BCUT2D eigenvalue weighted by Gasteiger charge is -2.08. The Kier molecular flexibility index (Phi) is 6.59. The third kappa shape index (κ3) is 5.15. The maximum Gasteiger partial charge on any atom is 0.267 e. The number of aromatic nitrogens is 1. The van der Waals surface area contributed by atoms with Gasteiger partial charge in [-0.25, -0.2) is 4.98 Å². The molecule has 1 aliphatic rings. The standard InChI is InChI=1S/C23H25N3O2S2/c1-15(27)24-12-4-5-16-8-10-17(11-9-16)19-14-29-23(25-19)26-22(28)21-13-18-6-2-3-7-20(18)30-21/h8-11,13-14H,2-7,12H2,1H3,(H,24,27)(H,25,26,28). The molecule has 7 heteroatoms. The number of hydrogen-bond donors (Lipinski definition) is 2. The summed E-state index contributed by atoms with van der Waals surface area (Å²) in [7, 11) is 0. The number of thiophene rings is 1. The van der Waals surface area contributed by atoms with Gasteiger partial charge in [0.2, 0.25) is 5.91 Å². The Morgan fingerprint density at radius 2 is 1.93 bits per heavy atom. The first-order valence-corrected chi connectivity index (χ1v) is 12.0. The Labute approximate surface area is 184 Å². The van der Waals surface area contributed by atoms with Gasteiger partial charge in [-0.05, 0) is 55.7 Å². The van der Waals surface area contributed by atoms with E-state index in [2.05, 4.69) is 39.9 Å². The quantitative estimate of drug-likeness (QED) is 0.505. The number of thiazole rings is 1. The molecule has 2 N–H and O–H groups in total. The van der Waals surface area contributed by atoms with E-state index in [0.717, 1.165) is 41.8 Å². The van der Waals surface area contributed by atoms with Crippen molar-refractivity contribution in [1.29, 1.82) is 0 Å². The molecule has 5 nitrogen and oxygen atoms in total. The predicted molar refractivity (Wildman–Crippen MR) is 123 cm³/mol. The van der Waals surface area contributed by atoms with Crippen molar-refractivity contribution < 1.29 is 9.59 Å². The highest BCUT2D eigenvalue weighted by molar-refractivity contribution is 7.15. The molecule has 3 aromatic rings. The van der Waals surface area contributed by atoms with Gasteiger partial charge in [0.05, 0.1) is 10.6 Å². The number of fused-ring (bicyclic) bond motifs is 1. The van der Waals surface area contributed by atoms with E-state index in [1.54, 1.807) is 11.3 Å². The molecule has 2 heterocycles. The van der Waals surface area contributed by atoms with Gasteiger partial charge in [0, 0.05) is 29.3 Å². The first kappa shape index (κ1) is 20.8. The van der Waals surface area contributed by atoms with E-state index >= 15 is 0 Å². The molecular formula is C23H25N3O2S2. The number of carbonyl (C=O) groups is 2. The zero-order valence-corrected chi connectivity index (χ0v) is 18.6. The highest BCUT2D eigenvalue weighted by Crippen LogP contribution is 2.31. The first-order chi connectivity index (χ1) is 14.6. The van der Waals surface area contributed by atoms with Crippen LogP contribution in [-0.4, -0.2) is 23.3 Å². The normalized spacial score (nSPS) is 13.0. The van der Waals surface area contributed by atoms with Crippen LogP contribution in [0.3, 0.4) is 0 Å². The number of hydrogen-bond acceptors (Lipinski definition) is 5. The molecule has 0 fully saturated rings. The molecule has 0 bridgehead atoms. The maximum absolute atomic E-state index is 12.6. The lowest BCUT2D eigenvalue weighted by molar-refractivity contribution is -0.118. The van der Waals surface area contributed by atoms with Crippen LogP contribution in [0.15, 0.2) is 35.7 Å². The van der Waals surface area contributed by atoms with Crippen LogP contribution < -0.4 is 10.6 Å². The zero-order valence-electron chi connectivity index (χ0n) is 17.0. The summed E-state index contributed by atoms with van der Waals surface area (Å²) in [6, 6.07) is 10.4. The number of nitrogens with one attached hydrogen (secondary N) is 2. The third-order valence-corrected chi connectivity index (χ3v) is 7.20. The van der Waals surface area contributed by atoms with Gasteiger partial charge in [-0.2, -0.15) is 0 Å². The third-order valence-electron chi connectivity index (χ3n) is 5.21. The Bertz CT molecular complexity index is 1010. The highest BCUT2D eigenvalue weighted by Gasteiger charge is 2.18. The van der Waals surface area contributed by atoms with E-state index in [1.807, 2.05) is 11.4 Å². The molecule has 0 radical (unpaired) electrons. The van der Waals surface area contributed by atoms with Crippen LogP contribution in [0, 0.1) is 0 Å². The molecule has 0 aliphatic heterocycles. The van der Waals surface area contributed by atoms with Crippen molar-refractivity contribution in [2.45, 2.75) is 45.4 Å². The number of benzene rings is 1. The summed E-state index contributed by atoms with van der Waals surface area (Å²) in [6.07, 6.45) is 6.45.